The zero-order valence-corrected chi connectivity index (χ0v) is 75.3. The van der Waals surface area contributed by atoms with Gasteiger partial charge in [0, 0.05) is 66.7 Å². The number of methoxy groups -OCH3 is 3. The Morgan fingerprint density at radius 3 is 1.65 bits per heavy atom. The second-order valence-electron chi connectivity index (χ2n) is 34.8. The minimum atomic E-state index is -4.21. The summed E-state index contributed by atoms with van der Waals surface area (Å²) in [5.74, 6) is 0.995. The van der Waals surface area contributed by atoms with Crippen LogP contribution in [0, 0.1) is 69.0 Å². The maximum absolute atomic E-state index is 14.7. The number of esters is 4. The number of ether oxygens (including phenoxy) is 8. The Balaban J connectivity index is 0.000000190. The molecular weight excluding hydrogens is 1680 g/mol. The van der Waals surface area contributed by atoms with Gasteiger partial charge >= 0.3 is 23.9 Å². The number of hydrogen-bond donors (Lipinski definition) is 1. The van der Waals surface area contributed by atoms with Gasteiger partial charge in [0.2, 0.25) is 11.8 Å². The highest BCUT2D eigenvalue weighted by atomic mass is 79.9. The summed E-state index contributed by atoms with van der Waals surface area (Å²) in [5, 5.41) is 3.59. The molecule has 6 saturated carbocycles. The summed E-state index contributed by atoms with van der Waals surface area (Å²) in [4.78, 5) is 132. The van der Waals surface area contributed by atoms with Crippen molar-refractivity contribution in [2.75, 3.05) is 65.7 Å². The highest BCUT2D eigenvalue weighted by Gasteiger charge is 2.63. The van der Waals surface area contributed by atoms with Crippen molar-refractivity contribution in [2.45, 2.75) is 223 Å². The van der Waals surface area contributed by atoms with Crippen LogP contribution in [0.15, 0.2) is 97.5 Å². The van der Waals surface area contributed by atoms with Crippen molar-refractivity contribution in [1.82, 2.24) is 19.8 Å². The number of aromatic amines is 1. The molecule has 0 spiro atoms. The number of benzene rings is 3. The van der Waals surface area contributed by atoms with Crippen LogP contribution in [-0.2, 0) is 76.3 Å². The van der Waals surface area contributed by atoms with E-state index < -0.39 is 91.7 Å². The molecule has 5 aromatic rings. The number of halogens is 3. The minimum absolute atomic E-state index is 0.0111. The van der Waals surface area contributed by atoms with Crippen LogP contribution in [0.4, 0.5) is 0 Å². The normalized spacial score (nSPS) is 26.3. The fraction of sp³-hybridized carbons (Fsp3) is 0.614. The predicted molar refractivity (Wildman–Crippen MR) is 455 cm³/mol. The van der Waals surface area contributed by atoms with Crippen molar-refractivity contribution in [2.24, 2.45) is 69.0 Å². The monoisotopic (exact) mass is 1790 g/mol. The molecule has 4 heterocycles. The van der Waals surface area contributed by atoms with Gasteiger partial charge in [-0.1, -0.05) is 121 Å². The molecule has 2 saturated heterocycles. The first-order chi connectivity index (χ1) is 56.0. The average molecular weight is 1790 g/mol. The van der Waals surface area contributed by atoms with Crippen LogP contribution in [0.2, 0.25) is 10.0 Å². The van der Waals surface area contributed by atoms with Gasteiger partial charge in [-0.2, -0.15) is 8.42 Å². The lowest BCUT2D eigenvalue weighted by atomic mass is 9.77. The molecular formula is C88H113BrCl2N4O20S3. The van der Waals surface area contributed by atoms with E-state index in [-0.39, 0.29) is 109 Å². The van der Waals surface area contributed by atoms with Gasteiger partial charge < -0.3 is 52.7 Å². The van der Waals surface area contributed by atoms with E-state index in [2.05, 4.69) is 27.5 Å². The molecule has 8 fully saturated rings. The third-order valence-corrected chi connectivity index (χ3v) is 28.8. The Morgan fingerprint density at radius 1 is 0.636 bits per heavy atom. The number of thioether (sulfide) groups is 2. The van der Waals surface area contributed by atoms with Crippen molar-refractivity contribution >= 4 is 142 Å². The molecule has 6 aliphatic carbocycles. The first-order valence-corrected chi connectivity index (χ1v) is 46.1. The van der Waals surface area contributed by atoms with E-state index >= 15 is 0 Å². The van der Waals surface area contributed by atoms with Crippen LogP contribution in [0.1, 0.15) is 172 Å². The number of ketones is 2. The number of nitrogens with zero attached hydrogens (tertiary/aromatic N) is 3. The lowest BCUT2D eigenvalue weighted by Crippen LogP contribution is -2.48. The second kappa shape index (κ2) is 38.7. The van der Waals surface area contributed by atoms with Crippen LogP contribution < -0.4 is 19.6 Å². The average Bonchev–Trinajstić information content (AvgIpc) is 1.58. The molecule has 2 unspecified atom stereocenters. The number of nitrogens with one attached hydrogen (secondary N) is 1. The number of fused-ring (bicyclic) bond motifs is 4. The van der Waals surface area contributed by atoms with Crippen molar-refractivity contribution in [3.05, 3.63) is 98.1 Å². The number of likely N-dealkylation sites (tertiary alicyclic amines) is 2. The second-order valence-corrected chi connectivity index (χ2v) is 40.6. The van der Waals surface area contributed by atoms with Gasteiger partial charge in [-0.25, -0.2) is 4.98 Å². The van der Waals surface area contributed by atoms with E-state index in [4.69, 9.17) is 70.3 Å². The molecule has 1 N–H and O–H groups in total. The van der Waals surface area contributed by atoms with Crippen LogP contribution >= 0.6 is 62.7 Å². The summed E-state index contributed by atoms with van der Waals surface area (Å²) in [6.45, 7) is 24.6. The first kappa shape index (κ1) is 91.9. The number of carbonyl (C=O) groups excluding carboxylic acids is 8. The summed E-state index contributed by atoms with van der Waals surface area (Å²) < 4.78 is 77.6. The Kier molecular flexibility index (Phi) is 30.2. The Labute approximate surface area is 719 Å². The molecule has 24 nitrogen and oxygen atoms in total. The highest BCUT2D eigenvalue weighted by molar-refractivity contribution is 9.10. The zero-order valence-electron chi connectivity index (χ0n) is 69.8. The molecule has 8 aliphatic rings. The fourth-order valence-corrected chi connectivity index (χ4v) is 20.8. The van der Waals surface area contributed by atoms with Crippen molar-refractivity contribution in [3.8, 4) is 17.2 Å². The minimum Gasteiger partial charge on any atom is -0.492 e. The van der Waals surface area contributed by atoms with Crippen LogP contribution in [-0.4, -0.2) is 178 Å². The molecule has 16 atom stereocenters. The molecule has 644 valence electrons. The summed E-state index contributed by atoms with van der Waals surface area (Å²) in [6, 6.07) is 14.7. The van der Waals surface area contributed by atoms with Gasteiger partial charge in [0.15, 0.2) is 17.0 Å². The summed E-state index contributed by atoms with van der Waals surface area (Å²) >= 11 is 19.6. The Hall–Kier alpha value is -6.79. The number of amides is 2. The topological polar surface area (TPSA) is 306 Å². The summed E-state index contributed by atoms with van der Waals surface area (Å²) in [5.41, 5.74) is -2.11. The van der Waals surface area contributed by atoms with Gasteiger partial charge in [-0.05, 0) is 164 Å². The Morgan fingerprint density at radius 2 is 1.15 bits per heavy atom. The largest absolute Gasteiger partial charge is 0.492 e. The van der Waals surface area contributed by atoms with E-state index in [0.29, 0.717) is 116 Å². The van der Waals surface area contributed by atoms with Gasteiger partial charge in [0.05, 0.1) is 109 Å². The number of rotatable bonds is 34. The number of H-pyrrole nitrogens is 1. The number of Topliss-reactive ketones (excluding diaryl/α,β-unsaturated/α-hetero) is 2. The number of hydrogen-bond acceptors (Lipinski definition) is 23. The molecule has 30 heteroatoms. The van der Waals surface area contributed by atoms with E-state index in [1.807, 2.05) is 81.4 Å². The SMILES string of the molecule is C=C[C@@H]1C[C@]1(CC(=O)[C@@H]1C[C@@H](Oc2cc(SCC)nc3c(Cl)c(OCCC)ccc23)CN1C(=O)[C@@H](CC(=O)OC1C[C@@H]2C[C@@H]2C1)C(C)(C)C)C(=O)OC.CCSc1cc(=O)c2ccc(OCCOC)c(Cl)c2[nH]1.CC[C@@H]1C[C@]1(CC(=O)[C@@H]1C[C@H](OS(=O)(=O)c2ccc(Br)cc2)CN1C(=O)[C@@H](CC(=O)OC1C[C@@H]2C[C@@H]2C1)C(C)(C)C)C(=O)OC. The maximum Gasteiger partial charge on any atom is 0.312 e. The number of carbonyl (C=O) groups is 8. The number of pyridine rings is 2. The summed E-state index contributed by atoms with van der Waals surface area (Å²) in [6.07, 6.45) is 8.00. The zero-order chi connectivity index (χ0) is 85.7. The standard InChI is InChI=1S/C41H53ClN2O8S.C33H44BrNO9S.C14H16ClNO3S/c1-8-13-50-32-12-11-28-33(19-34(53-10-3)43-37(28)36(32)42)51-27-17-30(31(45)21-41(39(48)49-7)20-25(41)9-2)44(22-27)38(47)29(40(4,5)6)18-35(46)52-26-15-23-14-24(23)16-26;1-6-21-16-33(21,31(39)42-5)17-28(36)27-14-24(44-45(40,41)25-9-7-22(34)8-10-25)18-35(27)30(38)26(32(2,3)4)15-29(37)43-23-12-19-11-20(19)13-23;1-3-20-12-8-10(17)9-4-5-11(19-7-6-18-2)13(15)14(9)16-12/h9,11-12,19,23-27,29-30H,2,8,10,13-18,20-22H2,1,3-7H3;7-10,19-21,23-24,26-27H,6,11-18H2,1-5H3;4-5,8H,3,6-7H2,1-2H3,(H,16,17)/t23-,24+,25-,26?,27-,29-,30+,41-;19-,20+,21-,23?,24+,26-,27+,33-;/m11./s1. The van der Waals surface area contributed by atoms with Gasteiger partial charge in [-0.3, -0.25) is 47.3 Å². The fourth-order valence-electron chi connectivity index (χ4n) is 17.6. The molecule has 2 aliphatic heterocycles. The predicted octanol–water partition coefficient (Wildman–Crippen LogP) is 16.2. The van der Waals surface area contributed by atoms with E-state index in [1.54, 1.807) is 78.0 Å². The lowest BCUT2D eigenvalue weighted by molar-refractivity contribution is -0.157. The maximum atomic E-state index is 14.7. The molecule has 0 bridgehead atoms. The molecule has 2 amide bonds. The first-order valence-electron chi connectivity index (χ1n) is 41.2. The molecule has 118 heavy (non-hydrogen) atoms. The van der Waals surface area contributed by atoms with Gasteiger partial charge in [0.25, 0.3) is 10.1 Å². The molecule has 2 aromatic heterocycles. The van der Waals surface area contributed by atoms with Gasteiger partial charge in [-0.15, -0.1) is 30.1 Å². The quantitative estimate of drug-likeness (QED) is 0.00999. The number of aromatic nitrogens is 2. The van der Waals surface area contributed by atoms with Crippen molar-refractivity contribution in [1.29, 1.82) is 0 Å². The number of allylic oxidation sites excluding steroid dienone is 1. The lowest BCUT2D eigenvalue weighted by Gasteiger charge is -2.35. The molecule has 3 aromatic carbocycles. The molecule has 13 rings (SSSR count). The van der Waals surface area contributed by atoms with Crippen molar-refractivity contribution in [3.63, 3.8) is 0 Å². The van der Waals surface area contributed by atoms with Gasteiger partial charge in [0.1, 0.15) is 57.2 Å². The van der Waals surface area contributed by atoms with Crippen LogP contribution in [0.3, 0.4) is 0 Å². The van der Waals surface area contributed by atoms with E-state index in [9.17, 15) is 51.6 Å². The van der Waals surface area contributed by atoms with E-state index in [1.165, 1.54) is 44.1 Å². The van der Waals surface area contributed by atoms with Crippen molar-refractivity contribution < 1.29 is 88.9 Å². The van der Waals surface area contributed by atoms with E-state index in [0.717, 1.165) is 53.7 Å². The van der Waals surface area contributed by atoms with Crippen LogP contribution in [0.25, 0.3) is 21.8 Å². The smallest absolute Gasteiger partial charge is 0.312 e. The third kappa shape index (κ3) is 21.6. The summed E-state index contributed by atoms with van der Waals surface area (Å²) in [7, 11) is 0.00997. The Bertz CT molecular complexity index is 4730. The molecule has 0 radical (unpaired) electrons. The van der Waals surface area contributed by atoms with Crippen LogP contribution in [0.5, 0.6) is 17.2 Å². The highest BCUT2D eigenvalue weighted by Crippen LogP contribution is 2.60. The third-order valence-electron chi connectivity index (χ3n) is 24.5.